The van der Waals surface area contributed by atoms with Crippen molar-refractivity contribution in [1.29, 1.82) is 0 Å². The first-order valence-corrected chi connectivity index (χ1v) is 11.2. The van der Waals surface area contributed by atoms with Crippen LogP contribution in [0, 0.1) is 5.82 Å². The molecule has 1 atom stereocenters. The number of nitrogens with zero attached hydrogens (tertiary/aromatic N) is 1. The zero-order valence-corrected chi connectivity index (χ0v) is 17.4. The van der Waals surface area contributed by atoms with Gasteiger partial charge in [-0.3, -0.25) is 9.10 Å². The Kier molecular flexibility index (Phi) is 7.83. The van der Waals surface area contributed by atoms with Gasteiger partial charge in [-0.25, -0.2) is 12.8 Å². The molecule has 0 aliphatic carbocycles. The van der Waals surface area contributed by atoms with E-state index in [0.717, 1.165) is 29.5 Å². The number of halogens is 2. The third-order valence-corrected chi connectivity index (χ3v) is 5.74. The van der Waals surface area contributed by atoms with Gasteiger partial charge in [-0.2, -0.15) is 0 Å². The Balaban J connectivity index is 2.09. The van der Waals surface area contributed by atoms with Crippen LogP contribution in [0.15, 0.2) is 48.5 Å². The molecule has 2 aromatic carbocycles. The van der Waals surface area contributed by atoms with Gasteiger partial charge in [0.1, 0.15) is 11.9 Å². The summed E-state index contributed by atoms with van der Waals surface area (Å²) >= 11 is 5.80. The summed E-state index contributed by atoms with van der Waals surface area (Å²) in [6, 6.07) is 12.5. The summed E-state index contributed by atoms with van der Waals surface area (Å²) in [5.74, 6) is -1.06. The van der Waals surface area contributed by atoms with Gasteiger partial charge in [-0.15, -0.1) is 0 Å². The lowest BCUT2D eigenvalue weighted by Gasteiger charge is -2.30. The van der Waals surface area contributed by atoms with Gasteiger partial charge in [0.05, 0.1) is 17.0 Å². The van der Waals surface area contributed by atoms with Crippen LogP contribution in [-0.4, -0.2) is 33.2 Å². The van der Waals surface area contributed by atoms with Gasteiger partial charge in [0.25, 0.3) is 0 Å². The molecule has 0 saturated carbocycles. The molecule has 1 unspecified atom stereocenters. The van der Waals surface area contributed by atoms with Gasteiger partial charge < -0.3 is 5.32 Å². The Morgan fingerprint density at radius 3 is 2.46 bits per heavy atom. The fourth-order valence-electron chi connectivity index (χ4n) is 2.95. The first-order valence-electron chi connectivity index (χ1n) is 9.00. The van der Waals surface area contributed by atoms with Crippen LogP contribution >= 0.6 is 11.6 Å². The number of nitrogens with one attached hydrogen (secondary N) is 1. The minimum atomic E-state index is -3.79. The predicted octanol–water partition coefficient (Wildman–Crippen LogP) is 3.77. The van der Waals surface area contributed by atoms with Gasteiger partial charge in [0.2, 0.25) is 15.9 Å². The molecule has 2 rings (SSSR count). The van der Waals surface area contributed by atoms with Crippen molar-refractivity contribution < 1.29 is 17.6 Å². The summed E-state index contributed by atoms with van der Waals surface area (Å²) < 4.78 is 39.2. The smallest absolute Gasteiger partial charge is 0.243 e. The standard InChI is InChI=1S/C20H24ClFN2O3S/c1-3-19(20(25)23-13-7-10-15-8-5-4-6-9-15)24(28(2,26)27)16-11-12-18(22)17(21)14-16/h4-6,8-9,11-12,14,19H,3,7,10,13H2,1-2H3,(H,23,25). The van der Waals surface area contributed by atoms with Crippen LogP contribution < -0.4 is 9.62 Å². The number of rotatable bonds is 9. The van der Waals surface area contributed by atoms with E-state index < -0.39 is 27.8 Å². The van der Waals surface area contributed by atoms with E-state index >= 15 is 0 Å². The van der Waals surface area contributed by atoms with Gasteiger partial charge in [-0.05, 0) is 43.0 Å². The molecule has 0 aliphatic rings. The quantitative estimate of drug-likeness (QED) is 0.620. The lowest BCUT2D eigenvalue weighted by atomic mass is 10.1. The number of carbonyl (C=O) groups is 1. The molecular weight excluding hydrogens is 403 g/mol. The molecule has 0 aromatic heterocycles. The molecule has 0 spiro atoms. The molecule has 0 fully saturated rings. The summed E-state index contributed by atoms with van der Waals surface area (Å²) in [6.45, 7) is 2.14. The summed E-state index contributed by atoms with van der Waals surface area (Å²) in [4.78, 5) is 12.7. The Morgan fingerprint density at radius 2 is 1.89 bits per heavy atom. The van der Waals surface area contributed by atoms with Crippen molar-refractivity contribution in [1.82, 2.24) is 5.32 Å². The lowest BCUT2D eigenvalue weighted by molar-refractivity contribution is -0.122. The van der Waals surface area contributed by atoms with Crippen LogP contribution in [0.1, 0.15) is 25.3 Å². The normalized spacial score (nSPS) is 12.4. The molecule has 2 aromatic rings. The van der Waals surface area contributed by atoms with Crippen molar-refractivity contribution in [3.63, 3.8) is 0 Å². The number of amides is 1. The second-order valence-electron chi connectivity index (χ2n) is 6.46. The minimum absolute atomic E-state index is 0.153. The second kappa shape index (κ2) is 9.89. The topological polar surface area (TPSA) is 66.5 Å². The predicted molar refractivity (Wildman–Crippen MR) is 111 cm³/mol. The van der Waals surface area contributed by atoms with E-state index in [1.54, 1.807) is 6.92 Å². The fourth-order valence-corrected chi connectivity index (χ4v) is 4.33. The Bertz CT molecular complexity index is 907. The van der Waals surface area contributed by atoms with Crippen LogP contribution in [0.5, 0.6) is 0 Å². The van der Waals surface area contributed by atoms with E-state index in [1.165, 1.54) is 17.7 Å². The molecule has 0 radical (unpaired) electrons. The van der Waals surface area contributed by atoms with Crippen molar-refractivity contribution in [2.45, 2.75) is 32.2 Å². The zero-order chi connectivity index (χ0) is 20.7. The maximum Gasteiger partial charge on any atom is 0.243 e. The second-order valence-corrected chi connectivity index (χ2v) is 8.73. The number of carbonyl (C=O) groups excluding carboxylic acids is 1. The van der Waals surface area contributed by atoms with E-state index in [0.29, 0.717) is 6.54 Å². The summed E-state index contributed by atoms with van der Waals surface area (Å²) in [5.41, 5.74) is 1.32. The SMILES string of the molecule is CCC(C(=O)NCCCc1ccccc1)N(c1ccc(F)c(Cl)c1)S(C)(=O)=O. The molecule has 152 valence electrons. The molecule has 0 bridgehead atoms. The van der Waals surface area contributed by atoms with Gasteiger partial charge in [0, 0.05) is 6.54 Å². The highest BCUT2D eigenvalue weighted by atomic mass is 35.5. The van der Waals surface area contributed by atoms with Gasteiger partial charge >= 0.3 is 0 Å². The molecule has 0 aliphatic heterocycles. The average molecular weight is 427 g/mol. The maximum absolute atomic E-state index is 13.5. The van der Waals surface area contributed by atoms with E-state index in [-0.39, 0.29) is 17.1 Å². The van der Waals surface area contributed by atoms with E-state index in [1.807, 2.05) is 30.3 Å². The van der Waals surface area contributed by atoms with Crippen molar-refractivity contribution >= 4 is 33.2 Å². The monoisotopic (exact) mass is 426 g/mol. The van der Waals surface area contributed by atoms with Crippen molar-refractivity contribution in [3.05, 3.63) is 64.9 Å². The third kappa shape index (κ3) is 5.94. The van der Waals surface area contributed by atoms with Crippen LogP contribution in [0.2, 0.25) is 5.02 Å². The van der Waals surface area contributed by atoms with Crippen molar-refractivity contribution in [2.24, 2.45) is 0 Å². The molecule has 8 heteroatoms. The first-order chi connectivity index (χ1) is 13.2. The maximum atomic E-state index is 13.5. The number of hydrogen-bond donors (Lipinski definition) is 1. The zero-order valence-electron chi connectivity index (χ0n) is 15.9. The average Bonchev–Trinajstić information content (AvgIpc) is 2.65. The summed E-state index contributed by atoms with van der Waals surface area (Å²) in [5, 5.41) is 2.60. The number of anilines is 1. The van der Waals surface area contributed by atoms with E-state index in [9.17, 15) is 17.6 Å². The van der Waals surface area contributed by atoms with Gasteiger partial charge in [0.15, 0.2) is 0 Å². The Morgan fingerprint density at radius 1 is 1.21 bits per heavy atom. The highest BCUT2D eigenvalue weighted by molar-refractivity contribution is 7.92. The highest BCUT2D eigenvalue weighted by Gasteiger charge is 2.31. The molecular formula is C20H24ClFN2O3S. The van der Waals surface area contributed by atoms with Crippen LogP contribution in [-0.2, 0) is 21.2 Å². The number of aryl methyl sites for hydroxylation is 1. The highest BCUT2D eigenvalue weighted by Crippen LogP contribution is 2.27. The molecule has 1 N–H and O–H groups in total. The van der Waals surface area contributed by atoms with E-state index in [4.69, 9.17) is 11.6 Å². The van der Waals surface area contributed by atoms with E-state index in [2.05, 4.69) is 5.32 Å². The minimum Gasteiger partial charge on any atom is -0.354 e. The number of hydrogen-bond acceptors (Lipinski definition) is 3. The Hall–Kier alpha value is -2.12. The molecule has 1 amide bonds. The molecule has 0 saturated heterocycles. The van der Waals surface area contributed by atoms with Crippen LogP contribution in [0.3, 0.4) is 0 Å². The van der Waals surface area contributed by atoms with Crippen LogP contribution in [0.4, 0.5) is 10.1 Å². The number of benzene rings is 2. The fraction of sp³-hybridized carbons (Fsp3) is 0.350. The van der Waals surface area contributed by atoms with Crippen molar-refractivity contribution in [2.75, 3.05) is 17.1 Å². The third-order valence-electron chi connectivity index (χ3n) is 4.27. The largest absolute Gasteiger partial charge is 0.354 e. The van der Waals surface area contributed by atoms with Crippen LogP contribution in [0.25, 0.3) is 0 Å². The molecule has 0 heterocycles. The molecule has 28 heavy (non-hydrogen) atoms. The lowest BCUT2D eigenvalue weighted by Crippen LogP contribution is -2.49. The number of sulfonamides is 1. The van der Waals surface area contributed by atoms with Crippen molar-refractivity contribution in [3.8, 4) is 0 Å². The first kappa shape index (κ1) is 22.2. The van der Waals surface area contributed by atoms with Gasteiger partial charge in [-0.1, -0.05) is 48.9 Å². The summed E-state index contributed by atoms with van der Waals surface area (Å²) in [7, 11) is -3.79. The molecule has 5 nitrogen and oxygen atoms in total. The summed E-state index contributed by atoms with van der Waals surface area (Å²) in [6.07, 6.45) is 2.80. The Labute approximate surface area is 170 Å².